The summed E-state index contributed by atoms with van der Waals surface area (Å²) in [7, 11) is 0. The van der Waals surface area contributed by atoms with E-state index in [0.717, 1.165) is 50.2 Å². The molecule has 1 saturated carbocycles. The van der Waals surface area contributed by atoms with Crippen molar-refractivity contribution in [2.75, 3.05) is 0 Å². The molecule has 2 heteroatoms. The fraction of sp³-hybridized carbons (Fsp3) is 0.750. The number of aliphatic hydroxyl groups is 1. The zero-order chi connectivity index (χ0) is 16.0. The minimum absolute atomic E-state index is 0.282. The number of rotatable bonds is 14. The molecule has 126 valence electrons. The summed E-state index contributed by atoms with van der Waals surface area (Å²) in [4.78, 5) is 10.2. The quantitative estimate of drug-likeness (QED) is 0.271. The maximum Gasteiger partial charge on any atom is 0.119 e. The van der Waals surface area contributed by atoms with Crippen LogP contribution in [0.3, 0.4) is 0 Å². The summed E-state index contributed by atoms with van der Waals surface area (Å²) in [5.41, 5.74) is 0. The van der Waals surface area contributed by atoms with Gasteiger partial charge in [-0.05, 0) is 43.9 Å². The summed E-state index contributed by atoms with van der Waals surface area (Å²) in [5.74, 6) is 1.85. The third kappa shape index (κ3) is 9.94. The molecule has 1 fully saturated rings. The predicted molar refractivity (Wildman–Crippen MR) is 93.8 cm³/mol. The van der Waals surface area contributed by atoms with E-state index in [9.17, 15) is 9.90 Å². The Morgan fingerprint density at radius 2 is 1.86 bits per heavy atom. The normalized spacial score (nSPS) is 22.5. The topological polar surface area (TPSA) is 37.3 Å². The molecule has 0 amide bonds. The van der Waals surface area contributed by atoms with Gasteiger partial charge in [0.25, 0.3) is 0 Å². The Labute approximate surface area is 136 Å². The van der Waals surface area contributed by atoms with E-state index in [0.29, 0.717) is 0 Å². The summed E-state index contributed by atoms with van der Waals surface area (Å²) >= 11 is 0. The maximum absolute atomic E-state index is 10.2. The lowest BCUT2D eigenvalue weighted by molar-refractivity contribution is -0.107. The maximum atomic E-state index is 10.2. The molecule has 0 radical (unpaired) electrons. The first-order valence-corrected chi connectivity index (χ1v) is 9.23. The van der Waals surface area contributed by atoms with Gasteiger partial charge in [-0.15, -0.1) is 0 Å². The summed E-state index contributed by atoms with van der Waals surface area (Å²) < 4.78 is 0. The monoisotopic (exact) mass is 306 g/mol. The van der Waals surface area contributed by atoms with Crippen LogP contribution in [0.1, 0.15) is 77.6 Å². The van der Waals surface area contributed by atoms with E-state index in [1.165, 1.54) is 38.5 Å². The Balaban J connectivity index is 1.95. The van der Waals surface area contributed by atoms with E-state index in [1.54, 1.807) is 0 Å². The van der Waals surface area contributed by atoms with Gasteiger partial charge in [-0.1, -0.05) is 63.3 Å². The molecule has 0 saturated heterocycles. The standard InChI is InChI=1S/C20H34O2/c1-2-3-7-14-20(22)15-10-5-4-8-12-18-17-19(18)13-9-6-11-16-21/h4-5,10,15-16,18-20,22H,2-3,6-9,11-14,17H2,1H3/t18-,19-,20?/m1/s1. The second-order valence-electron chi connectivity index (χ2n) is 6.66. The van der Waals surface area contributed by atoms with Gasteiger partial charge in [0.2, 0.25) is 0 Å². The van der Waals surface area contributed by atoms with Crippen molar-refractivity contribution in [1.82, 2.24) is 0 Å². The number of aldehydes is 1. The van der Waals surface area contributed by atoms with Gasteiger partial charge in [0, 0.05) is 6.42 Å². The van der Waals surface area contributed by atoms with Crippen molar-refractivity contribution in [2.24, 2.45) is 11.8 Å². The van der Waals surface area contributed by atoms with Crippen molar-refractivity contribution in [2.45, 2.75) is 83.7 Å². The molecular weight excluding hydrogens is 272 g/mol. The molecule has 1 N–H and O–H groups in total. The molecule has 0 bridgehead atoms. The van der Waals surface area contributed by atoms with E-state index in [-0.39, 0.29) is 6.10 Å². The molecule has 0 spiro atoms. The van der Waals surface area contributed by atoms with Crippen LogP contribution in [0.15, 0.2) is 24.3 Å². The van der Waals surface area contributed by atoms with Gasteiger partial charge >= 0.3 is 0 Å². The van der Waals surface area contributed by atoms with E-state index < -0.39 is 0 Å². The second-order valence-corrected chi connectivity index (χ2v) is 6.66. The highest BCUT2D eigenvalue weighted by atomic mass is 16.3. The fourth-order valence-corrected chi connectivity index (χ4v) is 3.03. The van der Waals surface area contributed by atoms with Crippen LogP contribution in [0.5, 0.6) is 0 Å². The molecule has 0 aliphatic heterocycles. The summed E-state index contributed by atoms with van der Waals surface area (Å²) in [6.07, 6.45) is 21.5. The number of allylic oxidation sites excluding steroid dienone is 3. The summed E-state index contributed by atoms with van der Waals surface area (Å²) in [6.45, 7) is 2.18. The molecular formula is C20H34O2. The average molecular weight is 306 g/mol. The highest BCUT2D eigenvalue weighted by Crippen LogP contribution is 2.45. The molecule has 22 heavy (non-hydrogen) atoms. The molecule has 2 nitrogen and oxygen atoms in total. The van der Waals surface area contributed by atoms with E-state index in [1.807, 2.05) is 12.2 Å². The van der Waals surface area contributed by atoms with Crippen molar-refractivity contribution in [1.29, 1.82) is 0 Å². The van der Waals surface area contributed by atoms with E-state index in [4.69, 9.17) is 0 Å². The Morgan fingerprint density at radius 1 is 1.05 bits per heavy atom. The van der Waals surface area contributed by atoms with Crippen LogP contribution in [0.25, 0.3) is 0 Å². The third-order valence-corrected chi connectivity index (χ3v) is 4.60. The minimum atomic E-state index is -0.282. The number of aliphatic hydroxyl groups excluding tert-OH is 1. The molecule has 1 aliphatic rings. The Hall–Kier alpha value is -0.890. The SMILES string of the molecule is CCCCCC(O)C=CC=CCC[C@@H]1C[C@H]1CCCCC=O. The fourth-order valence-electron chi connectivity index (χ4n) is 3.03. The molecule has 3 atom stereocenters. The van der Waals surface area contributed by atoms with Crippen LogP contribution in [0.4, 0.5) is 0 Å². The highest BCUT2D eigenvalue weighted by Gasteiger charge is 2.34. The van der Waals surface area contributed by atoms with Crippen molar-refractivity contribution in [3.05, 3.63) is 24.3 Å². The van der Waals surface area contributed by atoms with Crippen LogP contribution >= 0.6 is 0 Å². The lowest BCUT2D eigenvalue weighted by atomic mass is 10.1. The van der Waals surface area contributed by atoms with Crippen LogP contribution in [0, 0.1) is 11.8 Å². The van der Waals surface area contributed by atoms with Crippen LogP contribution in [0.2, 0.25) is 0 Å². The number of hydrogen-bond acceptors (Lipinski definition) is 2. The number of unbranched alkanes of at least 4 members (excludes halogenated alkanes) is 4. The van der Waals surface area contributed by atoms with Crippen LogP contribution < -0.4 is 0 Å². The molecule has 0 aromatic carbocycles. The van der Waals surface area contributed by atoms with Crippen molar-refractivity contribution < 1.29 is 9.90 Å². The predicted octanol–water partition coefficient (Wildman–Crippen LogP) is 5.22. The van der Waals surface area contributed by atoms with Gasteiger partial charge in [0.1, 0.15) is 6.29 Å². The Kier molecular flexibility index (Phi) is 11.0. The van der Waals surface area contributed by atoms with Gasteiger partial charge in [-0.2, -0.15) is 0 Å². The zero-order valence-corrected chi connectivity index (χ0v) is 14.3. The first-order valence-electron chi connectivity index (χ1n) is 9.23. The minimum Gasteiger partial charge on any atom is -0.389 e. The average Bonchev–Trinajstić information content (AvgIpc) is 3.26. The van der Waals surface area contributed by atoms with Crippen LogP contribution in [-0.4, -0.2) is 17.5 Å². The summed E-state index contributed by atoms with van der Waals surface area (Å²) in [6, 6.07) is 0. The molecule has 1 aliphatic carbocycles. The van der Waals surface area contributed by atoms with Gasteiger partial charge in [-0.3, -0.25) is 0 Å². The first kappa shape index (κ1) is 19.2. The van der Waals surface area contributed by atoms with Gasteiger partial charge < -0.3 is 9.90 Å². The molecule has 1 unspecified atom stereocenters. The zero-order valence-electron chi connectivity index (χ0n) is 14.3. The van der Waals surface area contributed by atoms with E-state index in [2.05, 4.69) is 19.1 Å². The summed E-state index contributed by atoms with van der Waals surface area (Å²) in [5, 5.41) is 9.74. The lowest BCUT2D eigenvalue weighted by Crippen LogP contribution is -2.00. The Bertz CT molecular complexity index is 333. The molecule has 1 rings (SSSR count). The van der Waals surface area contributed by atoms with Gasteiger partial charge in [0.15, 0.2) is 0 Å². The molecule has 0 aromatic heterocycles. The lowest BCUT2D eigenvalue weighted by Gasteiger charge is -2.03. The van der Waals surface area contributed by atoms with Crippen LogP contribution in [-0.2, 0) is 4.79 Å². The van der Waals surface area contributed by atoms with Crippen molar-refractivity contribution in [3.8, 4) is 0 Å². The largest absolute Gasteiger partial charge is 0.389 e. The van der Waals surface area contributed by atoms with Gasteiger partial charge in [0.05, 0.1) is 6.10 Å². The van der Waals surface area contributed by atoms with Gasteiger partial charge in [-0.25, -0.2) is 0 Å². The van der Waals surface area contributed by atoms with Crippen molar-refractivity contribution in [3.63, 3.8) is 0 Å². The smallest absolute Gasteiger partial charge is 0.119 e. The molecule has 0 aromatic rings. The van der Waals surface area contributed by atoms with Crippen molar-refractivity contribution >= 4 is 6.29 Å². The highest BCUT2D eigenvalue weighted by molar-refractivity contribution is 5.48. The number of carbonyl (C=O) groups excluding carboxylic acids is 1. The Morgan fingerprint density at radius 3 is 2.64 bits per heavy atom. The number of carbonyl (C=O) groups is 1. The first-order chi connectivity index (χ1) is 10.8. The molecule has 0 heterocycles. The third-order valence-electron chi connectivity index (χ3n) is 4.60. The number of hydrogen-bond donors (Lipinski definition) is 1. The second kappa shape index (κ2) is 12.6. The van der Waals surface area contributed by atoms with E-state index >= 15 is 0 Å².